The highest BCUT2D eigenvalue weighted by molar-refractivity contribution is 5.28. The van der Waals surface area contributed by atoms with Gasteiger partial charge in [0, 0.05) is 11.6 Å². The van der Waals surface area contributed by atoms with Gasteiger partial charge in [-0.15, -0.1) is 0 Å². The van der Waals surface area contributed by atoms with E-state index >= 15 is 0 Å². The van der Waals surface area contributed by atoms with Crippen LogP contribution in [0.1, 0.15) is 5.56 Å². The number of hydrogen-bond acceptors (Lipinski definition) is 3. The molecule has 0 unspecified atom stereocenters. The molecular weight excluding hydrogens is 199 g/mol. The van der Waals surface area contributed by atoms with Crippen LogP contribution < -0.4 is 4.74 Å². The van der Waals surface area contributed by atoms with Gasteiger partial charge in [0.25, 0.3) is 0 Å². The first-order chi connectivity index (χ1) is 7.29. The Bertz CT molecular complexity index is 337. The van der Waals surface area contributed by atoms with Gasteiger partial charge in [0.2, 0.25) is 0 Å². The van der Waals surface area contributed by atoms with E-state index in [-0.39, 0.29) is 18.5 Å². The smallest absolute Gasteiger partial charge is 0.132 e. The third-order valence-electron chi connectivity index (χ3n) is 2.22. The lowest BCUT2D eigenvalue weighted by Crippen LogP contribution is -2.02. The summed E-state index contributed by atoms with van der Waals surface area (Å²) in [4.78, 5) is 0. The molecule has 0 radical (unpaired) electrons. The van der Waals surface area contributed by atoms with Crippen molar-refractivity contribution in [2.24, 2.45) is 0 Å². The summed E-state index contributed by atoms with van der Waals surface area (Å²) >= 11 is 0. The second-order valence-corrected chi connectivity index (χ2v) is 3.43. The molecule has 1 fully saturated rings. The van der Waals surface area contributed by atoms with Crippen molar-refractivity contribution in [2.75, 3.05) is 20.3 Å². The van der Waals surface area contributed by atoms with Crippen molar-refractivity contribution in [3.05, 3.63) is 29.6 Å². The number of ether oxygens (including phenoxy) is 3. The minimum absolute atomic E-state index is 0.214. The van der Waals surface area contributed by atoms with Crippen LogP contribution in [0.3, 0.4) is 0 Å². The molecule has 0 saturated carbocycles. The topological polar surface area (TPSA) is 31.0 Å². The molecule has 1 saturated heterocycles. The van der Waals surface area contributed by atoms with Crippen LogP contribution in [0, 0.1) is 5.82 Å². The van der Waals surface area contributed by atoms with E-state index < -0.39 is 0 Å². The normalized spacial score (nSPS) is 18.9. The van der Waals surface area contributed by atoms with Gasteiger partial charge in [-0.05, 0) is 6.07 Å². The van der Waals surface area contributed by atoms with Crippen LogP contribution >= 0.6 is 0 Å². The van der Waals surface area contributed by atoms with E-state index in [1.54, 1.807) is 12.1 Å². The molecule has 1 aromatic carbocycles. The zero-order chi connectivity index (χ0) is 10.7. The van der Waals surface area contributed by atoms with Crippen molar-refractivity contribution in [2.45, 2.75) is 12.7 Å². The lowest BCUT2D eigenvalue weighted by Gasteiger charge is -2.05. The van der Waals surface area contributed by atoms with Crippen molar-refractivity contribution in [3.8, 4) is 5.75 Å². The fraction of sp³-hybridized carbons (Fsp3) is 0.455. The predicted octanol–water partition coefficient (Wildman–Crippen LogP) is 1.75. The van der Waals surface area contributed by atoms with Crippen molar-refractivity contribution >= 4 is 0 Å². The molecule has 82 valence electrons. The molecule has 15 heavy (non-hydrogen) atoms. The van der Waals surface area contributed by atoms with E-state index in [2.05, 4.69) is 0 Å². The summed E-state index contributed by atoms with van der Waals surface area (Å²) in [6, 6.07) is 4.74. The molecule has 4 heteroatoms. The van der Waals surface area contributed by atoms with Crippen molar-refractivity contribution < 1.29 is 18.6 Å². The van der Waals surface area contributed by atoms with Gasteiger partial charge in [0.05, 0.1) is 26.9 Å². The Kier molecular flexibility index (Phi) is 3.18. The number of methoxy groups -OCH3 is 1. The Hall–Kier alpha value is -1.13. The third kappa shape index (κ3) is 2.91. The summed E-state index contributed by atoms with van der Waals surface area (Å²) in [5.41, 5.74) is 0.538. The van der Waals surface area contributed by atoms with Crippen LogP contribution in [0.5, 0.6) is 5.75 Å². The Morgan fingerprint density at radius 1 is 1.53 bits per heavy atom. The van der Waals surface area contributed by atoms with Crippen LogP contribution in [0.2, 0.25) is 0 Å². The summed E-state index contributed by atoms with van der Waals surface area (Å²) < 4.78 is 28.6. The summed E-state index contributed by atoms with van der Waals surface area (Å²) in [5.74, 6) is 0.216. The second-order valence-electron chi connectivity index (χ2n) is 3.43. The largest absolute Gasteiger partial charge is 0.497 e. The van der Waals surface area contributed by atoms with Crippen LogP contribution in [0.25, 0.3) is 0 Å². The van der Waals surface area contributed by atoms with Gasteiger partial charge in [-0.1, -0.05) is 6.07 Å². The van der Waals surface area contributed by atoms with Gasteiger partial charge in [-0.25, -0.2) is 4.39 Å². The average Bonchev–Trinajstić information content (AvgIpc) is 3.04. The Labute approximate surface area is 87.8 Å². The maximum atomic E-state index is 13.4. The molecule has 0 bridgehead atoms. The van der Waals surface area contributed by atoms with Gasteiger partial charge in [0.15, 0.2) is 0 Å². The fourth-order valence-corrected chi connectivity index (χ4v) is 1.24. The first-order valence-corrected chi connectivity index (χ1v) is 4.81. The first kappa shape index (κ1) is 10.4. The molecule has 0 N–H and O–H groups in total. The first-order valence-electron chi connectivity index (χ1n) is 4.81. The summed E-state index contributed by atoms with van der Waals surface area (Å²) in [6.45, 7) is 1.56. The molecule has 1 atom stereocenters. The number of epoxide rings is 1. The van der Waals surface area contributed by atoms with Gasteiger partial charge in [0.1, 0.15) is 17.7 Å². The maximum absolute atomic E-state index is 13.4. The number of halogens is 1. The van der Waals surface area contributed by atoms with E-state index in [1.807, 2.05) is 0 Å². The third-order valence-corrected chi connectivity index (χ3v) is 2.22. The summed E-state index contributed by atoms with van der Waals surface area (Å²) in [7, 11) is 1.51. The molecule has 0 aliphatic carbocycles. The van der Waals surface area contributed by atoms with E-state index in [0.29, 0.717) is 17.9 Å². The highest BCUT2D eigenvalue weighted by atomic mass is 19.1. The molecule has 2 rings (SSSR count). The van der Waals surface area contributed by atoms with Crippen LogP contribution in [-0.2, 0) is 16.1 Å². The Morgan fingerprint density at radius 3 is 2.93 bits per heavy atom. The van der Waals surface area contributed by atoms with Crippen LogP contribution in [-0.4, -0.2) is 26.4 Å². The van der Waals surface area contributed by atoms with Crippen molar-refractivity contribution in [1.82, 2.24) is 0 Å². The number of rotatable bonds is 5. The lowest BCUT2D eigenvalue weighted by molar-refractivity contribution is 0.102. The molecule has 0 aromatic heterocycles. The fourth-order valence-electron chi connectivity index (χ4n) is 1.24. The van der Waals surface area contributed by atoms with Crippen LogP contribution in [0.15, 0.2) is 18.2 Å². The molecule has 0 amide bonds. The predicted molar refractivity (Wildman–Crippen MR) is 52.3 cm³/mol. The quantitative estimate of drug-likeness (QED) is 0.697. The van der Waals surface area contributed by atoms with Crippen LogP contribution in [0.4, 0.5) is 4.39 Å². The molecular formula is C11H13FO3. The van der Waals surface area contributed by atoms with E-state index in [1.165, 1.54) is 13.2 Å². The van der Waals surface area contributed by atoms with Gasteiger partial charge < -0.3 is 14.2 Å². The average molecular weight is 212 g/mol. The van der Waals surface area contributed by atoms with E-state index in [9.17, 15) is 4.39 Å². The molecule has 0 spiro atoms. The summed E-state index contributed by atoms with van der Waals surface area (Å²) in [6.07, 6.45) is 0.214. The SMILES string of the molecule is COc1ccc(COC[C@@H]2CO2)c(F)c1. The van der Waals surface area contributed by atoms with E-state index in [4.69, 9.17) is 14.2 Å². The minimum Gasteiger partial charge on any atom is -0.497 e. The van der Waals surface area contributed by atoms with Gasteiger partial charge in [-0.3, -0.25) is 0 Å². The van der Waals surface area contributed by atoms with E-state index in [0.717, 1.165) is 6.61 Å². The molecule has 1 heterocycles. The number of hydrogen-bond donors (Lipinski definition) is 0. The molecule has 3 nitrogen and oxygen atoms in total. The summed E-state index contributed by atoms with van der Waals surface area (Å²) in [5, 5.41) is 0. The highest BCUT2D eigenvalue weighted by Gasteiger charge is 2.22. The van der Waals surface area contributed by atoms with Crippen molar-refractivity contribution in [1.29, 1.82) is 0 Å². The van der Waals surface area contributed by atoms with Gasteiger partial charge in [-0.2, -0.15) is 0 Å². The molecule has 1 aliphatic rings. The standard InChI is InChI=1S/C11H13FO3/c1-13-9-3-2-8(11(12)4-9)5-14-6-10-7-15-10/h2-4,10H,5-7H2,1H3/t10-/m1/s1. The zero-order valence-corrected chi connectivity index (χ0v) is 8.53. The Balaban J connectivity index is 1.88. The van der Waals surface area contributed by atoms with Crippen molar-refractivity contribution in [3.63, 3.8) is 0 Å². The Morgan fingerprint density at radius 2 is 2.33 bits per heavy atom. The molecule has 1 aromatic rings. The van der Waals surface area contributed by atoms with Gasteiger partial charge >= 0.3 is 0 Å². The maximum Gasteiger partial charge on any atom is 0.132 e. The second kappa shape index (κ2) is 4.59. The number of benzene rings is 1. The monoisotopic (exact) mass is 212 g/mol. The lowest BCUT2D eigenvalue weighted by atomic mass is 10.2. The highest BCUT2D eigenvalue weighted by Crippen LogP contribution is 2.17. The zero-order valence-electron chi connectivity index (χ0n) is 8.53. The minimum atomic E-state index is -0.300. The molecule has 1 aliphatic heterocycles.